The summed E-state index contributed by atoms with van der Waals surface area (Å²) in [5.41, 5.74) is 8.78. The lowest BCUT2D eigenvalue weighted by molar-refractivity contribution is 0.0580. The van der Waals surface area contributed by atoms with E-state index in [1.165, 1.54) is 38.5 Å². The van der Waals surface area contributed by atoms with Crippen molar-refractivity contribution in [2.24, 2.45) is 0 Å². The van der Waals surface area contributed by atoms with Gasteiger partial charge in [0.05, 0.1) is 18.8 Å². The van der Waals surface area contributed by atoms with E-state index in [2.05, 4.69) is 44.0 Å². The fraction of sp³-hybridized carbons (Fsp3) is 0.190. The number of carbonyl (C=O) groups excluding carboxylic acids is 2. The van der Waals surface area contributed by atoms with Gasteiger partial charge in [0.1, 0.15) is 23.0 Å². The Morgan fingerprint density at radius 1 is 0.755 bits per heavy atom. The molecular weight excluding hydrogens is 742 g/mol. The third kappa shape index (κ3) is 7.34. The van der Waals surface area contributed by atoms with E-state index < -0.39 is 5.97 Å². The maximum atomic E-state index is 13.5. The van der Waals surface area contributed by atoms with E-state index in [4.69, 9.17) is 9.47 Å². The van der Waals surface area contributed by atoms with Gasteiger partial charge in [-0.3, -0.25) is 9.97 Å². The molecule has 0 aliphatic carbocycles. The Kier molecular flexibility index (Phi) is 11.4. The summed E-state index contributed by atoms with van der Waals surface area (Å²) in [6.45, 7) is 7.24. The molecule has 7 rings (SSSR count). The minimum absolute atomic E-state index is 0.307. The molecule has 0 fully saturated rings. The summed E-state index contributed by atoms with van der Waals surface area (Å²) in [5.74, 6) is -1.16. The van der Waals surface area contributed by atoms with E-state index >= 15 is 0 Å². The molecule has 0 radical (unpaired) electrons. The number of aromatic nitrogens is 4. The molecule has 0 amide bonds. The van der Waals surface area contributed by atoms with Gasteiger partial charge in [-0.1, -0.05) is 37.3 Å². The van der Waals surface area contributed by atoms with Crippen LogP contribution in [0, 0.1) is 11.6 Å². The highest BCUT2D eigenvalue weighted by molar-refractivity contribution is 9.10. The monoisotopic (exact) mass is 778 g/mol. The maximum Gasteiger partial charge on any atom is 0.355 e. The van der Waals surface area contributed by atoms with Crippen LogP contribution in [0.1, 0.15) is 52.4 Å². The van der Waals surface area contributed by atoms with Crippen molar-refractivity contribution < 1.29 is 27.8 Å². The zero-order valence-electron chi connectivity index (χ0n) is 29.5. The second-order valence-electron chi connectivity index (χ2n) is 12.4. The van der Waals surface area contributed by atoms with Crippen molar-refractivity contribution in [3.05, 3.63) is 144 Å². The van der Waals surface area contributed by atoms with Gasteiger partial charge in [-0.2, -0.15) is 0 Å². The first-order chi connectivity index (χ1) is 25.7. The van der Waals surface area contributed by atoms with Gasteiger partial charge in [-0.25, -0.2) is 18.4 Å². The largest absolute Gasteiger partial charge is 0.464 e. The van der Waals surface area contributed by atoms with Crippen LogP contribution in [0.5, 0.6) is 0 Å². The molecule has 11 heteroatoms. The summed E-state index contributed by atoms with van der Waals surface area (Å²) in [6, 6.07) is 19.9. The number of methoxy groups -OCH3 is 2. The van der Waals surface area contributed by atoms with Crippen LogP contribution < -0.4 is 0 Å². The standard InChI is InChI=1S/C21H18BrFN2O2.C21H19FN2O2/c1-3-4-13-25-19(21(26)27-2)17(14-5-7-16(23)8-6-14)18(20(25)22)15-9-11-24-12-10-15;1-13-9-12-24-19(13)17(15-7-10-23-11-8-15)18(20(24)21(25)26-2)14-3-5-16(22)6-4-14/h3,5-12H,1,4,13H2,2H3;3-8,10-11,13H,9,12H2,1-2H3. The first-order valence-electron chi connectivity index (χ1n) is 17.0. The number of benzene rings is 2. The third-order valence-corrected chi connectivity index (χ3v) is 10.1. The lowest BCUT2D eigenvalue weighted by Crippen LogP contribution is -2.12. The predicted molar refractivity (Wildman–Crippen MR) is 204 cm³/mol. The molecule has 4 aromatic heterocycles. The highest BCUT2D eigenvalue weighted by atomic mass is 79.9. The molecule has 2 aromatic carbocycles. The topological polar surface area (TPSA) is 88.2 Å². The molecule has 1 unspecified atom stereocenters. The quantitative estimate of drug-likeness (QED) is 0.107. The molecule has 0 bridgehead atoms. The Morgan fingerprint density at radius 3 is 1.70 bits per heavy atom. The molecule has 8 nitrogen and oxygen atoms in total. The lowest BCUT2D eigenvalue weighted by Gasteiger charge is -2.11. The van der Waals surface area contributed by atoms with Crippen molar-refractivity contribution in [1.29, 1.82) is 0 Å². The number of hydrogen-bond acceptors (Lipinski definition) is 6. The Balaban J connectivity index is 0.000000181. The van der Waals surface area contributed by atoms with Crippen LogP contribution in [-0.2, 0) is 22.6 Å². The number of pyridine rings is 2. The van der Waals surface area contributed by atoms with Crippen molar-refractivity contribution in [3.63, 3.8) is 0 Å². The number of halogens is 3. The van der Waals surface area contributed by atoms with Crippen molar-refractivity contribution in [1.82, 2.24) is 19.1 Å². The van der Waals surface area contributed by atoms with Crippen molar-refractivity contribution in [2.75, 3.05) is 14.2 Å². The normalized spacial score (nSPS) is 13.1. The molecule has 0 N–H and O–H groups in total. The molecule has 1 aliphatic heterocycles. The second-order valence-corrected chi connectivity index (χ2v) is 13.2. The van der Waals surface area contributed by atoms with Crippen LogP contribution >= 0.6 is 15.9 Å². The second kappa shape index (κ2) is 16.3. The van der Waals surface area contributed by atoms with Gasteiger partial charge in [0, 0.05) is 65.8 Å². The summed E-state index contributed by atoms with van der Waals surface area (Å²) in [4.78, 5) is 33.5. The van der Waals surface area contributed by atoms with Gasteiger partial charge in [0.2, 0.25) is 0 Å². The molecular formula is C42H37BrF2N4O4. The number of rotatable bonds is 9. The van der Waals surface area contributed by atoms with Gasteiger partial charge in [-0.15, -0.1) is 6.58 Å². The van der Waals surface area contributed by atoms with Gasteiger partial charge < -0.3 is 18.6 Å². The van der Waals surface area contributed by atoms with Crippen LogP contribution in [0.2, 0.25) is 0 Å². The van der Waals surface area contributed by atoms with Gasteiger partial charge in [-0.05, 0) is 105 Å². The number of esters is 2. The van der Waals surface area contributed by atoms with Crippen molar-refractivity contribution >= 4 is 27.9 Å². The van der Waals surface area contributed by atoms with Crippen LogP contribution in [0.4, 0.5) is 8.78 Å². The predicted octanol–water partition coefficient (Wildman–Crippen LogP) is 10.1. The summed E-state index contributed by atoms with van der Waals surface area (Å²) < 4.78 is 41.8. The minimum atomic E-state index is -0.459. The average molecular weight is 780 g/mol. The van der Waals surface area contributed by atoms with E-state index in [9.17, 15) is 18.4 Å². The van der Waals surface area contributed by atoms with E-state index in [0.29, 0.717) is 35.8 Å². The molecule has 1 atom stereocenters. The molecule has 0 spiro atoms. The number of allylic oxidation sites excluding steroid dienone is 1. The Bertz CT molecular complexity index is 2250. The van der Waals surface area contributed by atoms with E-state index in [-0.39, 0.29) is 17.6 Å². The van der Waals surface area contributed by atoms with E-state index in [0.717, 1.165) is 62.2 Å². The van der Waals surface area contributed by atoms with Crippen LogP contribution in [0.15, 0.2) is 115 Å². The zero-order valence-corrected chi connectivity index (χ0v) is 31.1. The maximum absolute atomic E-state index is 13.5. The van der Waals surface area contributed by atoms with Gasteiger partial charge in [0.15, 0.2) is 0 Å². The summed E-state index contributed by atoms with van der Waals surface area (Å²) in [6.07, 6.45) is 10.3. The zero-order chi connectivity index (χ0) is 37.6. The van der Waals surface area contributed by atoms with E-state index in [1.807, 2.05) is 28.8 Å². The Morgan fingerprint density at radius 2 is 1.21 bits per heavy atom. The summed E-state index contributed by atoms with van der Waals surface area (Å²) >= 11 is 3.66. The Hall–Kier alpha value is -5.68. The molecule has 0 saturated heterocycles. The summed E-state index contributed by atoms with van der Waals surface area (Å²) in [7, 11) is 2.74. The fourth-order valence-electron chi connectivity index (χ4n) is 6.87. The number of carbonyl (C=O) groups is 2. The number of ether oxygens (including phenoxy) is 2. The molecule has 6 aromatic rings. The fourth-order valence-corrected chi connectivity index (χ4v) is 7.65. The Labute approximate surface area is 314 Å². The highest BCUT2D eigenvalue weighted by Crippen LogP contribution is 2.47. The third-order valence-electron chi connectivity index (χ3n) is 9.27. The first kappa shape index (κ1) is 37.1. The molecule has 5 heterocycles. The lowest BCUT2D eigenvalue weighted by atomic mass is 9.91. The van der Waals surface area contributed by atoms with Crippen molar-refractivity contribution in [2.45, 2.75) is 38.8 Å². The molecule has 0 saturated carbocycles. The highest BCUT2D eigenvalue weighted by Gasteiger charge is 2.34. The smallest absolute Gasteiger partial charge is 0.355 e. The van der Waals surface area contributed by atoms with Crippen LogP contribution in [-0.4, -0.2) is 45.3 Å². The van der Waals surface area contributed by atoms with Crippen molar-refractivity contribution in [3.8, 4) is 44.5 Å². The molecule has 53 heavy (non-hydrogen) atoms. The number of hydrogen-bond donors (Lipinski definition) is 0. The van der Waals surface area contributed by atoms with E-state index in [1.54, 1.807) is 55.1 Å². The first-order valence-corrected chi connectivity index (χ1v) is 17.8. The summed E-state index contributed by atoms with van der Waals surface area (Å²) in [5, 5.41) is 0. The average Bonchev–Trinajstić information content (AvgIpc) is 3.83. The van der Waals surface area contributed by atoms with Gasteiger partial charge >= 0.3 is 11.9 Å². The molecule has 270 valence electrons. The van der Waals surface area contributed by atoms with Crippen LogP contribution in [0.25, 0.3) is 44.5 Å². The van der Waals surface area contributed by atoms with Crippen LogP contribution in [0.3, 0.4) is 0 Å². The van der Waals surface area contributed by atoms with Gasteiger partial charge in [0.25, 0.3) is 0 Å². The number of fused-ring (bicyclic) bond motifs is 1. The molecule has 1 aliphatic rings. The SMILES string of the molecule is C=CCCn1c(Br)c(-c2ccncc2)c(-c2ccc(F)cc2)c1C(=O)OC.COC(=O)c1c(-c2ccc(F)cc2)c(-c2ccncc2)c2n1CCC2C. The number of nitrogens with zero attached hydrogens (tertiary/aromatic N) is 4. The minimum Gasteiger partial charge on any atom is -0.464 e.